The summed E-state index contributed by atoms with van der Waals surface area (Å²) in [6.45, 7) is 2.73. The molecule has 0 spiro atoms. The summed E-state index contributed by atoms with van der Waals surface area (Å²) < 4.78 is 25.7. The van der Waals surface area contributed by atoms with Crippen molar-refractivity contribution in [3.05, 3.63) is 0 Å². The van der Waals surface area contributed by atoms with Crippen molar-refractivity contribution in [3.8, 4) is 6.07 Å². The fraction of sp³-hybridized carbons (Fsp3) is 0.909. The number of nitriles is 1. The van der Waals surface area contributed by atoms with Gasteiger partial charge in [-0.25, -0.2) is 12.7 Å². The van der Waals surface area contributed by atoms with E-state index in [1.165, 1.54) is 6.92 Å². The summed E-state index contributed by atoms with van der Waals surface area (Å²) in [4.78, 5) is 0. The van der Waals surface area contributed by atoms with Crippen molar-refractivity contribution in [1.29, 1.82) is 5.26 Å². The van der Waals surface area contributed by atoms with Gasteiger partial charge in [0.2, 0.25) is 10.0 Å². The van der Waals surface area contributed by atoms with Crippen molar-refractivity contribution in [3.63, 3.8) is 0 Å². The molecular formula is C11H18N2O2S. The molecule has 2 rings (SSSR count). The van der Waals surface area contributed by atoms with Gasteiger partial charge in [-0.2, -0.15) is 5.26 Å². The molecule has 0 aromatic carbocycles. The second-order valence-electron chi connectivity index (χ2n) is 5.02. The van der Waals surface area contributed by atoms with Crippen LogP contribution in [0.25, 0.3) is 0 Å². The monoisotopic (exact) mass is 242 g/mol. The van der Waals surface area contributed by atoms with Gasteiger partial charge in [0, 0.05) is 13.1 Å². The summed E-state index contributed by atoms with van der Waals surface area (Å²) in [5.41, 5.74) is 0. The maximum Gasteiger partial charge on any atom is 0.230 e. The Morgan fingerprint density at radius 2 is 1.69 bits per heavy atom. The van der Waals surface area contributed by atoms with Crippen LogP contribution < -0.4 is 0 Å². The first-order valence-electron chi connectivity index (χ1n) is 5.92. The summed E-state index contributed by atoms with van der Waals surface area (Å²) in [5.74, 6) is 1.08. The van der Waals surface area contributed by atoms with Crippen LogP contribution in [0, 0.1) is 23.2 Å². The third-order valence-corrected chi connectivity index (χ3v) is 5.32. The van der Waals surface area contributed by atoms with Gasteiger partial charge in [0.05, 0.1) is 6.07 Å². The van der Waals surface area contributed by atoms with Gasteiger partial charge in [-0.15, -0.1) is 0 Å². The maximum absolute atomic E-state index is 12.1. The van der Waals surface area contributed by atoms with Crippen LogP contribution in [0.3, 0.4) is 0 Å². The highest BCUT2D eigenvalue weighted by atomic mass is 32.2. The Morgan fingerprint density at radius 1 is 1.25 bits per heavy atom. The normalized spacial score (nSPS) is 23.1. The Balaban J connectivity index is 2.05. The second kappa shape index (κ2) is 4.34. The summed E-state index contributed by atoms with van der Waals surface area (Å²) in [5, 5.41) is 7.85. The molecule has 4 nitrogen and oxygen atoms in total. The molecule has 90 valence electrons. The number of nitrogens with zero attached hydrogens (tertiary/aromatic N) is 2. The Kier molecular flexibility index (Phi) is 3.22. The Hall–Kier alpha value is -0.600. The van der Waals surface area contributed by atoms with Crippen LogP contribution in [0.2, 0.25) is 0 Å². The van der Waals surface area contributed by atoms with Gasteiger partial charge in [0.25, 0.3) is 0 Å². The fourth-order valence-electron chi connectivity index (χ4n) is 1.75. The van der Waals surface area contributed by atoms with Crippen LogP contribution in [0.1, 0.15) is 32.6 Å². The van der Waals surface area contributed by atoms with E-state index in [1.54, 1.807) is 4.31 Å². The lowest BCUT2D eigenvalue weighted by atomic mass is 10.4. The molecule has 2 saturated carbocycles. The van der Waals surface area contributed by atoms with E-state index >= 15 is 0 Å². The molecule has 2 fully saturated rings. The molecule has 0 aromatic rings. The molecule has 0 radical (unpaired) electrons. The summed E-state index contributed by atoms with van der Waals surface area (Å²) in [6, 6.07) is 1.84. The zero-order valence-corrected chi connectivity index (χ0v) is 10.4. The third-order valence-electron chi connectivity index (χ3n) is 3.31. The zero-order valence-electron chi connectivity index (χ0n) is 9.59. The smallest absolute Gasteiger partial charge is 0.211 e. The molecule has 0 aromatic heterocycles. The van der Waals surface area contributed by atoms with Crippen molar-refractivity contribution in [2.45, 2.75) is 37.9 Å². The molecule has 1 unspecified atom stereocenters. The molecule has 0 saturated heterocycles. The zero-order chi connectivity index (χ0) is 11.8. The van der Waals surface area contributed by atoms with E-state index in [-0.39, 0.29) is 0 Å². The minimum Gasteiger partial charge on any atom is -0.211 e. The van der Waals surface area contributed by atoms with E-state index in [1.807, 2.05) is 6.07 Å². The molecule has 2 aliphatic carbocycles. The van der Waals surface area contributed by atoms with Crippen LogP contribution in [-0.4, -0.2) is 31.1 Å². The van der Waals surface area contributed by atoms with E-state index in [0.717, 1.165) is 25.7 Å². The molecule has 0 amide bonds. The molecule has 1 atom stereocenters. The molecule has 0 heterocycles. The average Bonchev–Trinajstić information content (AvgIpc) is 3.09. The Bertz CT molecular complexity index is 377. The first kappa shape index (κ1) is 11.9. The first-order chi connectivity index (χ1) is 7.54. The average molecular weight is 242 g/mol. The third kappa shape index (κ3) is 2.74. The highest BCUT2D eigenvalue weighted by molar-refractivity contribution is 7.89. The molecule has 0 bridgehead atoms. The summed E-state index contributed by atoms with van der Waals surface area (Å²) in [6.07, 6.45) is 4.55. The number of rotatable bonds is 6. The van der Waals surface area contributed by atoms with Crippen molar-refractivity contribution < 1.29 is 8.42 Å². The van der Waals surface area contributed by atoms with Crippen molar-refractivity contribution in [1.82, 2.24) is 4.31 Å². The minimum absolute atomic E-state index is 0.541. The lowest BCUT2D eigenvalue weighted by Crippen LogP contribution is -2.39. The van der Waals surface area contributed by atoms with Crippen LogP contribution in [0.15, 0.2) is 0 Å². The minimum atomic E-state index is -3.39. The standard InChI is InChI=1S/C11H18N2O2S/c1-9(6-12)16(14,15)13(7-10-2-3-10)8-11-4-5-11/h9-11H,2-5,7-8H2,1H3. The molecular weight excluding hydrogens is 224 g/mol. The topological polar surface area (TPSA) is 61.2 Å². The van der Waals surface area contributed by atoms with Crippen LogP contribution in [0.5, 0.6) is 0 Å². The largest absolute Gasteiger partial charge is 0.230 e. The molecule has 0 aliphatic heterocycles. The molecule has 0 N–H and O–H groups in total. The van der Waals surface area contributed by atoms with E-state index in [2.05, 4.69) is 0 Å². The Morgan fingerprint density at radius 3 is 2.00 bits per heavy atom. The lowest BCUT2D eigenvalue weighted by molar-refractivity contribution is 0.380. The predicted octanol–water partition coefficient (Wildman–Crippen LogP) is 1.35. The van der Waals surface area contributed by atoms with Crippen molar-refractivity contribution >= 4 is 10.0 Å². The highest BCUT2D eigenvalue weighted by Gasteiger charge is 2.37. The van der Waals surface area contributed by atoms with Crippen molar-refractivity contribution in [2.75, 3.05) is 13.1 Å². The summed E-state index contributed by atoms with van der Waals surface area (Å²) >= 11 is 0. The molecule has 5 heteroatoms. The van der Waals surface area contributed by atoms with E-state index < -0.39 is 15.3 Å². The SMILES string of the molecule is CC(C#N)S(=O)(=O)N(CC1CC1)CC1CC1. The Labute approximate surface area is 97.3 Å². The van der Waals surface area contributed by atoms with E-state index in [4.69, 9.17) is 5.26 Å². The van der Waals surface area contributed by atoms with Gasteiger partial charge in [0.15, 0.2) is 5.25 Å². The molecule has 2 aliphatic rings. The molecule has 16 heavy (non-hydrogen) atoms. The van der Waals surface area contributed by atoms with E-state index in [9.17, 15) is 8.42 Å². The van der Waals surface area contributed by atoms with Gasteiger partial charge in [0.1, 0.15) is 0 Å². The van der Waals surface area contributed by atoms with Crippen molar-refractivity contribution in [2.24, 2.45) is 11.8 Å². The second-order valence-corrected chi connectivity index (χ2v) is 7.27. The van der Waals surface area contributed by atoms with Crippen LogP contribution in [0.4, 0.5) is 0 Å². The van der Waals surface area contributed by atoms with Crippen LogP contribution in [-0.2, 0) is 10.0 Å². The quantitative estimate of drug-likeness (QED) is 0.706. The fourth-order valence-corrected chi connectivity index (χ4v) is 3.17. The van der Waals surface area contributed by atoms with Gasteiger partial charge in [-0.1, -0.05) is 0 Å². The van der Waals surface area contributed by atoms with Crippen LogP contribution >= 0.6 is 0 Å². The van der Waals surface area contributed by atoms with Gasteiger partial charge in [-0.05, 0) is 44.4 Å². The van der Waals surface area contributed by atoms with Gasteiger partial charge >= 0.3 is 0 Å². The number of hydrogen-bond donors (Lipinski definition) is 0. The van der Waals surface area contributed by atoms with Gasteiger partial charge < -0.3 is 0 Å². The first-order valence-corrected chi connectivity index (χ1v) is 7.43. The predicted molar refractivity (Wildman–Crippen MR) is 61.0 cm³/mol. The number of hydrogen-bond acceptors (Lipinski definition) is 3. The maximum atomic E-state index is 12.1. The lowest BCUT2D eigenvalue weighted by Gasteiger charge is -2.23. The highest BCUT2D eigenvalue weighted by Crippen LogP contribution is 2.35. The number of sulfonamides is 1. The van der Waals surface area contributed by atoms with Gasteiger partial charge in [-0.3, -0.25) is 0 Å². The summed E-state index contributed by atoms with van der Waals surface area (Å²) in [7, 11) is -3.39. The van der Waals surface area contributed by atoms with E-state index in [0.29, 0.717) is 24.9 Å².